The molecule has 7 heteroatoms. The largest absolute Gasteiger partial charge is 0.372 e. The maximum Gasteiger partial charge on any atom is 0.239 e. The van der Waals surface area contributed by atoms with Crippen molar-refractivity contribution in [1.29, 1.82) is 5.26 Å². The third-order valence-electron chi connectivity index (χ3n) is 5.41. The van der Waals surface area contributed by atoms with Gasteiger partial charge in [-0.15, -0.1) is 0 Å². The van der Waals surface area contributed by atoms with Crippen LogP contribution in [0, 0.1) is 18.3 Å². The van der Waals surface area contributed by atoms with Crippen LogP contribution in [0.5, 0.6) is 0 Å². The highest BCUT2D eigenvalue weighted by molar-refractivity contribution is 5.99. The molecule has 7 nitrogen and oxygen atoms in total. The van der Waals surface area contributed by atoms with E-state index in [1.54, 1.807) is 24.7 Å². The molecule has 32 heavy (non-hydrogen) atoms. The number of nitrogens with zero attached hydrogens (tertiary/aromatic N) is 4. The number of amides is 1. The molecule has 0 bridgehead atoms. The Kier molecular flexibility index (Phi) is 5.77. The van der Waals surface area contributed by atoms with E-state index in [1.807, 2.05) is 50.2 Å². The van der Waals surface area contributed by atoms with Crippen molar-refractivity contribution in [3.63, 3.8) is 0 Å². The fourth-order valence-electron chi connectivity index (χ4n) is 3.71. The van der Waals surface area contributed by atoms with Crippen LogP contribution in [0.3, 0.4) is 0 Å². The van der Waals surface area contributed by atoms with E-state index >= 15 is 0 Å². The van der Waals surface area contributed by atoms with Crippen molar-refractivity contribution < 1.29 is 4.79 Å². The molecule has 1 aromatic carbocycles. The summed E-state index contributed by atoms with van der Waals surface area (Å²) in [5.74, 6) is -0.480. The van der Waals surface area contributed by atoms with Gasteiger partial charge in [0.15, 0.2) is 0 Å². The van der Waals surface area contributed by atoms with E-state index in [4.69, 9.17) is 10.7 Å². The molecule has 3 aromatic heterocycles. The molecule has 4 aromatic rings. The summed E-state index contributed by atoms with van der Waals surface area (Å²) < 4.78 is 0. The summed E-state index contributed by atoms with van der Waals surface area (Å²) in [6.45, 7) is 3.88. The van der Waals surface area contributed by atoms with Gasteiger partial charge in [0.2, 0.25) is 5.91 Å². The molecule has 0 aliphatic heterocycles. The summed E-state index contributed by atoms with van der Waals surface area (Å²) in [5.41, 5.74) is 11.3. The number of hydrogen-bond donors (Lipinski definition) is 2. The summed E-state index contributed by atoms with van der Waals surface area (Å²) in [6, 6.07) is 15.1. The monoisotopic (exact) mass is 422 g/mol. The van der Waals surface area contributed by atoms with Crippen molar-refractivity contribution in [2.75, 3.05) is 5.32 Å². The highest BCUT2D eigenvalue weighted by Gasteiger charge is 2.21. The average Bonchev–Trinajstić information content (AvgIpc) is 2.82. The number of pyridine rings is 3. The van der Waals surface area contributed by atoms with E-state index in [0.29, 0.717) is 34.3 Å². The maximum absolute atomic E-state index is 11.9. The summed E-state index contributed by atoms with van der Waals surface area (Å²) in [6.07, 6.45) is 5.53. The number of benzene rings is 1. The summed E-state index contributed by atoms with van der Waals surface area (Å²) >= 11 is 0. The van der Waals surface area contributed by atoms with Crippen molar-refractivity contribution in [3.8, 4) is 28.6 Å². The molecule has 1 amide bonds. The summed E-state index contributed by atoms with van der Waals surface area (Å²) in [5, 5.41) is 13.9. The van der Waals surface area contributed by atoms with Gasteiger partial charge in [-0.05, 0) is 31.0 Å². The van der Waals surface area contributed by atoms with Gasteiger partial charge >= 0.3 is 0 Å². The standard InChI is InChI=1S/C25H22N6O/c1-3-20(25(27)32)30-24-18-10-12-28-14-21(18)31-23(19(24)13-26)17-8-6-16(7-9-17)22-15(2)5-4-11-29-22/h4-12,14,20H,3H2,1-2H3,(H2,27,32)(H,30,31)/t20-/m1/s1. The van der Waals surface area contributed by atoms with E-state index < -0.39 is 11.9 Å². The molecule has 3 heterocycles. The Morgan fingerprint density at radius 3 is 2.47 bits per heavy atom. The fraction of sp³-hybridized carbons (Fsp3) is 0.160. The Morgan fingerprint density at radius 1 is 1.12 bits per heavy atom. The lowest BCUT2D eigenvalue weighted by Gasteiger charge is -2.19. The van der Waals surface area contributed by atoms with E-state index in [1.165, 1.54) is 0 Å². The van der Waals surface area contributed by atoms with Crippen LogP contribution in [0.25, 0.3) is 33.4 Å². The number of anilines is 1. The molecule has 4 rings (SSSR count). The number of nitrogens with two attached hydrogens (primary N) is 1. The minimum atomic E-state index is -0.608. The second-order valence-electron chi connectivity index (χ2n) is 7.47. The third-order valence-corrected chi connectivity index (χ3v) is 5.41. The first kappa shape index (κ1) is 20.9. The van der Waals surface area contributed by atoms with Gasteiger partial charge in [0, 0.05) is 28.9 Å². The number of aryl methyl sites for hydroxylation is 1. The minimum Gasteiger partial charge on any atom is -0.372 e. The molecule has 0 aliphatic carbocycles. The SMILES string of the molecule is CC[C@@H](Nc1c(C#N)c(-c2ccc(-c3ncccc3C)cc2)nc2cnccc12)C(N)=O. The van der Waals surface area contributed by atoms with Gasteiger partial charge in [-0.2, -0.15) is 5.26 Å². The number of rotatable bonds is 6. The number of primary amides is 1. The van der Waals surface area contributed by atoms with Crippen molar-refractivity contribution >= 4 is 22.5 Å². The van der Waals surface area contributed by atoms with E-state index in [-0.39, 0.29) is 0 Å². The maximum atomic E-state index is 11.9. The number of nitrogens with one attached hydrogen (secondary N) is 1. The number of hydrogen-bond acceptors (Lipinski definition) is 6. The number of fused-ring (bicyclic) bond motifs is 1. The zero-order valence-electron chi connectivity index (χ0n) is 17.8. The first-order valence-electron chi connectivity index (χ1n) is 10.3. The first-order valence-corrected chi connectivity index (χ1v) is 10.3. The van der Waals surface area contributed by atoms with Gasteiger partial charge in [-0.1, -0.05) is 37.3 Å². The molecule has 0 aliphatic rings. The minimum absolute atomic E-state index is 0.352. The second kappa shape index (κ2) is 8.82. The first-order chi connectivity index (χ1) is 15.5. The molecule has 1 atom stereocenters. The molecule has 0 fully saturated rings. The molecule has 158 valence electrons. The van der Waals surface area contributed by atoms with Crippen molar-refractivity contribution in [3.05, 3.63) is 72.2 Å². The summed E-state index contributed by atoms with van der Waals surface area (Å²) in [4.78, 5) is 25.2. The Labute approximate surface area is 186 Å². The van der Waals surface area contributed by atoms with Gasteiger partial charge in [0.1, 0.15) is 17.7 Å². The highest BCUT2D eigenvalue weighted by atomic mass is 16.1. The predicted octanol–water partition coefficient (Wildman–Crippen LogP) is 4.21. The van der Waals surface area contributed by atoms with Crippen LogP contribution < -0.4 is 11.1 Å². The Morgan fingerprint density at radius 2 is 1.84 bits per heavy atom. The average molecular weight is 422 g/mol. The molecule has 0 spiro atoms. The fourth-order valence-corrected chi connectivity index (χ4v) is 3.71. The number of carbonyl (C=O) groups excluding carboxylic acids is 1. The third kappa shape index (κ3) is 3.86. The molecule has 0 radical (unpaired) electrons. The van der Waals surface area contributed by atoms with E-state index in [0.717, 1.165) is 22.4 Å². The normalized spacial score (nSPS) is 11.7. The molecular formula is C25H22N6O. The Bertz CT molecular complexity index is 1340. The van der Waals surface area contributed by atoms with Gasteiger partial charge in [0.25, 0.3) is 0 Å². The lowest BCUT2D eigenvalue weighted by Crippen LogP contribution is -2.35. The van der Waals surface area contributed by atoms with Crippen molar-refractivity contribution in [2.45, 2.75) is 26.3 Å². The van der Waals surface area contributed by atoms with Crippen LogP contribution >= 0.6 is 0 Å². The summed E-state index contributed by atoms with van der Waals surface area (Å²) in [7, 11) is 0. The zero-order chi connectivity index (χ0) is 22.7. The van der Waals surface area contributed by atoms with Gasteiger partial charge in [-0.25, -0.2) is 4.98 Å². The quantitative estimate of drug-likeness (QED) is 0.480. The lowest BCUT2D eigenvalue weighted by molar-refractivity contribution is -0.118. The number of nitriles is 1. The van der Waals surface area contributed by atoms with Gasteiger partial charge < -0.3 is 11.1 Å². The van der Waals surface area contributed by atoms with Crippen molar-refractivity contribution in [1.82, 2.24) is 15.0 Å². The molecular weight excluding hydrogens is 400 g/mol. The molecule has 0 saturated heterocycles. The van der Waals surface area contributed by atoms with Crippen molar-refractivity contribution in [2.24, 2.45) is 5.73 Å². The smallest absolute Gasteiger partial charge is 0.239 e. The van der Waals surface area contributed by atoms with Crippen LogP contribution in [-0.2, 0) is 4.79 Å². The van der Waals surface area contributed by atoms with Crippen LogP contribution in [0.2, 0.25) is 0 Å². The van der Waals surface area contributed by atoms with Crippen LogP contribution in [0.15, 0.2) is 61.1 Å². The van der Waals surface area contributed by atoms with Crippen LogP contribution in [0.4, 0.5) is 5.69 Å². The topological polar surface area (TPSA) is 118 Å². The highest BCUT2D eigenvalue weighted by Crippen LogP contribution is 2.34. The van der Waals surface area contributed by atoms with Gasteiger partial charge in [0.05, 0.1) is 28.8 Å². The second-order valence-corrected chi connectivity index (χ2v) is 7.47. The molecule has 3 N–H and O–H groups in total. The Hall–Kier alpha value is -4.31. The van der Waals surface area contributed by atoms with Crippen LogP contribution in [-0.4, -0.2) is 26.9 Å². The molecule has 0 saturated carbocycles. The van der Waals surface area contributed by atoms with Crippen LogP contribution in [0.1, 0.15) is 24.5 Å². The predicted molar refractivity (Wildman–Crippen MR) is 125 cm³/mol. The number of carbonyl (C=O) groups is 1. The van der Waals surface area contributed by atoms with E-state index in [9.17, 15) is 10.1 Å². The number of aromatic nitrogens is 3. The Balaban J connectivity index is 1.87. The lowest BCUT2D eigenvalue weighted by atomic mass is 9.99. The van der Waals surface area contributed by atoms with E-state index in [2.05, 4.69) is 21.4 Å². The zero-order valence-corrected chi connectivity index (χ0v) is 17.8. The van der Waals surface area contributed by atoms with Gasteiger partial charge in [-0.3, -0.25) is 14.8 Å². The molecule has 0 unspecified atom stereocenters.